The Kier molecular flexibility index (Phi) is 7.24. The van der Waals surface area contributed by atoms with Crippen LogP contribution in [-0.2, 0) is 20.7 Å². The van der Waals surface area contributed by atoms with Gasteiger partial charge in [-0.15, -0.1) is 11.3 Å². The number of ether oxygens (including phenoxy) is 1. The molecule has 3 aromatic rings. The number of aromatic nitrogens is 2. The maximum absolute atomic E-state index is 12.3. The van der Waals surface area contributed by atoms with Crippen LogP contribution in [0.2, 0.25) is 0 Å². The lowest BCUT2D eigenvalue weighted by atomic mass is 10.2. The van der Waals surface area contributed by atoms with Gasteiger partial charge in [0, 0.05) is 44.4 Å². The zero-order chi connectivity index (χ0) is 23.4. The zero-order valence-corrected chi connectivity index (χ0v) is 20.7. The van der Waals surface area contributed by atoms with Gasteiger partial charge < -0.3 is 20.3 Å². The number of aryl methyl sites for hydroxylation is 1. The molecule has 4 rings (SSSR count). The summed E-state index contributed by atoms with van der Waals surface area (Å²) in [5, 5.41) is 8.16. The van der Waals surface area contributed by atoms with Crippen molar-refractivity contribution < 1.29 is 14.3 Å². The molecule has 1 aromatic carbocycles. The summed E-state index contributed by atoms with van der Waals surface area (Å²) in [6, 6.07) is 10.9. The van der Waals surface area contributed by atoms with Crippen molar-refractivity contribution in [2.75, 3.05) is 29.2 Å². The minimum Gasteiger partial charge on any atom is -0.467 e. The van der Waals surface area contributed by atoms with Crippen LogP contribution < -0.4 is 15.5 Å². The number of halogens is 1. The summed E-state index contributed by atoms with van der Waals surface area (Å²) in [4.78, 5) is 36.4. The Morgan fingerprint density at radius 1 is 1.21 bits per heavy atom. The quantitative estimate of drug-likeness (QED) is 0.429. The standard InChI is InChI=1S/C23H24BrN5O3S/c1-14-10-20(28-23(25-14)29-9-3-4-19(29)22(31)32-2)26-16-5-7-17(8-6-16)27-21(30)12-18-11-15(24)13-33-18/h5-8,10-11,13,19H,3-4,9,12H2,1-2H3,(H,27,30)(H,25,26,28). The van der Waals surface area contributed by atoms with Crippen molar-refractivity contribution in [3.63, 3.8) is 0 Å². The lowest BCUT2D eigenvalue weighted by Crippen LogP contribution is -2.38. The number of hydrogen-bond acceptors (Lipinski definition) is 8. The first-order chi connectivity index (χ1) is 15.9. The molecule has 0 radical (unpaired) electrons. The fourth-order valence-corrected chi connectivity index (χ4v) is 5.18. The second-order valence-corrected chi connectivity index (χ2v) is 9.64. The molecule has 1 amide bonds. The fraction of sp³-hybridized carbons (Fsp3) is 0.304. The van der Waals surface area contributed by atoms with Crippen LogP contribution in [0.5, 0.6) is 0 Å². The molecule has 33 heavy (non-hydrogen) atoms. The van der Waals surface area contributed by atoms with Crippen molar-refractivity contribution >= 4 is 62.3 Å². The Balaban J connectivity index is 1.41. The number of rotatable bonds is 7. The van der Waals surface area contributed by atoms with Crippen LogP contribution >= 0.6 is 27.3 Å². The molecule has 10 heteroatoms. The Hall–Kier alpha value is -2.98. The van der Waals surface area contributed by atoms with Crippen LogP contribution in [0, 0.1) is 6.92 Å². The fourth-order valence-electron chi connectivity index (χ4n) is 3.73. The molecule has 1 unspecified atom stereocenters. The summed E-state index contributed by atoms with van der Waals surface area (Å²) < 4.78 is 5.92. The van der Waals surface area contributed by atoms with Gasteiger partial charge in [-0.1, -0.05) is 0 Å². The number of esters is 1. The van der Waals surface area contributed by atoms with E-state index < -0.39 is 0 Å². The van der Waals surface area contributed by atoms with Crippen LogP contribution in [0.4, 0.5) is 23.1 Å². The molecule has 0 saturated carbocycles. The van der Waals surface area contributed by atoms with Crippen LogP contribution in [0.3, 0.4) is 0 Å². The number of anilines is 4. The number of methoxy groups -OCH3 is 1. The summed E-state index contributed by atoms with van der Waals surface area (Å²) in [6.07, 6.45) is 1.95. The summed E-state index contributed by atoms with van der Waals surface area (Å²) in [7, 11) is 1.40. The van der Waals surface area contributed by atoms with Crippen LogP contribution in [-0.4, -0.2) is 41.5 Å². The Bertz CT molecular complexity index is 1150. The molecule has 1 aliphatic rings. The van der Waals surface area contributed by atoms with E-state index in [1.807, 2.05) is 53.6 Å². The van der Waals surface area contributed by atoms with E-state index in [0.717, 1.165) is 39.3 Å². The Morgan fingerprint density at radius 2 is 1.97 bits per heavy atom. The van der Waals surface area contributed by atoms with E-state index in [2.05, 4.69) is 36.5 Å². The first-order valence-electron chi connectivity index (χ1n) is 10.5. The third-order valence-electron chi connectivity index (χ3n) is 5.22. The summed E-state index contributed by atoms with van der Waals surface area (Å²) in [6.45, 7) is 2.60. The lowest BCUT2D eigenvalue weighted by molar-refractivity contribution is -0.142. The number of benzene rings is 1. The lowest BCUT2D eigenvalue weighted by Gasteiger charge is -2.23. The van der Waals surface area contributed by atoms with Crippen molar-refractivity contribution in [1.29, 1.82) is 0 Å². The highest BCUT2D eigenvalue weighted by molar-refractivity contribution is 9.10. The van der Waals surface area contributed by atoms with E-state index in [1.165, 1.54) is 7.11 Å². The minimum atomic E-state index is -0.358. The number of nitrogens with one attached hydrogen (secondary N) is 2. The predicted molar refractivity (Wildman–Crippen MR) is 133 cm³/mol. The van der Waals surface area contributed by atoms with Gasteiger partial charge >= 0.3 is 5.97 Å². The van der Waals surface area contributed by atoms with Gasteiger partial charge in [-0.3, -0.25) is 4.79 Å². The first-order valence-corrected chi connectivity index (χ1v) is 12.2. The third kappa shape index (κ3) is 5.88. The number of amides is 1. The second kappa shape index (κ2) is 10.3. The molecule has 0 aliphatic carbocycles. The SMILES string of the molecule is COC(=O)C1CCCN1c1nc(C)cc(Nc2ccc(NC(=O)Cc3cc(Br)cs3)cc2)n1. The highest BCUT2D eigenvalue weighted by Gasteiger charge is 2.33. The van der Waals surface area contributed by atoms with Crippen LogP contribution in [0.15, 0.2) is 46.3 Å². The molecule has 1 aliphatic heterocycles. The molecule has 2 N–H and O–H groups in total. The third-order valence-corrected chi connectivity index (χ3v) is 6.92. The Morgan fingerprint density at radius 3 is 2.67 bits per heavy atom. The molecule has 0 spiro atoms. The summed E-state index contributed by atoms with van der Waals surface area (Å²) >= 11 is 4.95. The molecular formula is C23H24BrN5O3S. The first kappa shape index (κ1) is 23.2. The van der Waals surface area contributed by atoms with E-state index in [-0.39, 0.29) is 17.9 Å². The molecule has 1 fully saturated rings. The van der Waals surface area contributed by atoms with Gasteiger partial charge in [-0.25, -0.2) is 9.78 Å². The van der Waals surface area contributed by atoms with Crippen molar-refractivity contribution in [3.8, 4) is 0 Å². The highest BCUT2D eigenvalue weighted by atomic mass is 79.9. The minimum absolute atomic E-state index is 0.0631. The average Bonchev–Trinajstić information content (AvgIpc) is 3.43. The number of carbonyl (C=O) groups excluding carboxylic acids is 2. The number of nitrogens with zero attached hydrogens (tertiary/aromatic N) is 3. The van der Waals surface area contributed by atoms with Gasteiger partial charge in [-0.05, 0) is 66.0 Å². The van der Waals surface area contributed by atoms with Gasteiger partial charge in [-0.2, -0.15) is 4.98 Å². The largest absolute Gasteiger partial charge is 0.467 e. The normalized spacial score (nSPS) is 15.4. The number of thiophene rings is 1. The molecule has 172 valence electrons. The predicted octanol–water partition coefficient (Wildman–Crippen LogP) is 4.68. The van der Waals surface area contributed by atoms with Crippen molar-refractivity contribution in [3.05, 3.63) is 56.8 Å². The molecule has 0 bridgehead atoms. The van der Waals surface area contributed by atoms with E-state index in [4.69, 9.17) is 4.74 Å². The van der Waals surface area contributed by atoms with E-state index >= 15 is 0 Å². The van der Waals surface area contributed by atoms with Crippen molar-refractivity contribution in [1.82, 2.24) is 9.97 Å². The van der Waals surface area contributed by atoms with Gasteiger partial charge in [0.1, 0.15) is 11.9 Å². The summed E-state index contributed by atoms with van der Waals surface area (Å²) in [5.41, 5.74) is 2.34. The zero-order valence-electron chi connectivity index (χ0n) is 18.3. The van der Waals surface area contributed by atoms with E-state index in [0.29, 0.717) is 24.7 Å². The molecular weight excluding hydrogens is 506 g/mol. The second-order valence-electron chi connectivity index (χ2n) is 7.73. The van der Waals surface area contributed by atoms with Crippen LogP contribution in [0.1, 0.15) is 23.4 Å². The molecule has 2 aromatic heterocycles. The van der Waals surface area contributed by atoms with Gasteiger partial charge in [0.25, 0.3) is 0 Å². The molecule has 3 heterocycles. The smallest absolute Gasteiger partial charge is 0.328 e. The van der Waals surface area contributed by atoms with Gasteiger partial charge in [0.15, 0.2) is 0 Å². The number of hydrogen-bond donors (Lipinski definition) is 2. The van der Waals surface area contributed by atoms with E-state index in [1.54, 1.807) is 11.3 Å². The van der Waals surface area contributed by atoms with E-state index in [9.17, 15) is 9.59 Å². The molecule has 1 saturated heterocycles. The van der Waals surface area contributed by atoms with Crippen molar-refractivity contribution in [2.45, 2.75) is 32.2 Å². The topological polar surface area (TPSA) is 96.5 Å². The maximum atomic E-state index is 12.3. The summed E-state index contributed by atoms with van der Waals surface area (Å²) in [5.74, 6) is 0.811. The van der Waals surface area contributed by atoms with Crippen molar-refractivity contribution in [2.24, 2.45) is 0 Å². The van der Waals surface area contributed by atoms with Gasteiger partial charge in [0.2, 0.25) is 11.9 Å². The highest BCUT2D eigenvalue weighted by Crippen LogP contribution is 2.26. The van der Waals surface area contributed by atoms with Gasteiger partial charge in [0.05, 0.1) is 13.5 Å². The number of carbonyl (C=O) groups is 2. The average molecular weight is 530 g/mol. The maximum Gasteiger partial charge on any atom is 0.328 e. The van der Waals surface area contributed by atoms with Crippen LogP contribution in [0.25, 0.3) is 0 Å². The monoisotopic (exact) mass is 529 g/mol. The molecule has 8 nitrogen and oxygen atoms in total. The molecule has 1 atom stereocenters. The Labute approximate surface area is 204 Å².